The third-order valence-corrected chi connectivity index (χ3v) is 2.50. The SMILES string of the molecule is Br.COc1c(F)cccc1C1(N)CC1. The number of methoxy groups -OCH3 is 1. The van der Waals surface area contributed by atoms with Crippen molar-refractivity contribution >= 4 is 17.0 Å². The van der Waals surface area contributed by atoms with Crippen LogP contribution in [-0.4, -0.2) is 7.11 Å². The van der Waals surface area contributed by atoms with Gasteiger partial charge in [-0.25, -0.2) is 4.39 Å². The molecule has 1 aliphatic rings. The molecule has 0 radical (unpaired) electrons. The lowest BCUT2D eigenvalue weighted by Gasteiger charge is -2.14. The first-order chi connectivity index (χ1) is 6.17. The van der Waals surface area contributed by atoms with Crippen molar-refractivity contribution in [3.63, 3.8) is 0 Å². The number of rotatable bonds is 2. The molecular formula is C10H13BrFNO. The highest BCUT2D eigenvalue weighted by Crippen LogP contribution is 2.46. The Morgan fingerprint density at radius 1 is 1.43 bits per heavy atom. The maximum Gasteiger partial charge on any atom is 0.165 e. The van der Waals surface area contributed by atoms with Crippen LogP contribution in [0.15, 0.2) is 18.2 Å². The lowest BCUT2D eigenvalue weighted by atomic mass is 10.0. The number of halogens is 2. The summed E-state index contributed by atoms with van der Waals surface area (Å²) in [5.74, 6) is -0.0424. The molecule has 1 aromatic carbocycles. The molecule has 0 spiro atoms. The van der Waals surface area contributed by atoms with E-state index in [-0.39, 0.29) is 28.3 Å². The summed E-state index contributed by atoms with van der Waals surface area (Å²) in [6.45, 7) is 0. The Kier molecular flexibility index (Phi) is 3.17. The number of ether oxygens (including phenoxy) is 1. The normalized spacial score (nSPS) is 17.1. The fraction of sp³-hybridized carbons (Fsp3) is 0.400. The summed E-state index contributed by atoms with van der Waals surface area (Å²) in [6, 6.07) is 4.88. The molecule has 0 aliphatic heterocycles. The number of hydrogen-bond donors (Lipinski definition) is 1. The lowest BCUT2D eigenvalue weighted by Crippen LogP contribution is -2.20. The van der Waals surface area contributed by atoms with E-state index in [1.165, 1.54) is 13.2 Å². The summed E-state index contributed by atoms with van der Waals surface area (Å²) in [6.07, 6.45) is 1.82. The van der Waals surface area contributed by atoms with Crippen LogP contribution in [0.3, 0.4) is 0 Å². The zero-order chi connectivity index (χ0) is 9.47. The number of nitrogens with two attached hydrogens (primary N) is 1. The predicted octanol–water partition coefficient (Wildman–Crippen LogP) is 2.36. The molecule has 1 saturated carbocycles. The van der Waals surface area contributed by atoms with Crippen LogP contribution in [0.25, 0.3) is 0 Å². The highest BCUT2D eigenvalue weighted by Gasteiger charge is 2.42. The second-order valence-electron chi connectivity index (χ2n) is 3.48. The lowest BCUT2D eigenvalue weighted by molar-refractivity contribution is 0.376. The highest BCUT2D eigenvalue weighted by atomic mass is 79.9. The van der Waals surface area contributed by atoms with Gasteiger partial charge in [-0.3, -0.25) is 0 Å². The van der Waals surface area contributed by atoms with E-state index in [4.69, 9.17) is 10.5 Å². The van der Waals surface area contributed by atoms with E-state index >= 15 is 0 Å². The third-order valence-electron chi connectivity index (χ3n) is 2.50. The average molecular weight is 262 g/mol. The molecule has 0 aromatic heterocycles. The number of hydrogen-bond acceptors (Lipinski definition) is 2. The zero-order valence-corrected chi connectivity index (χ0v) is 9.63. The summed E-state index contributed by atoms with van der Waals surface area (Å²) in [5.41, 5.74) is 6.41. The minimum atomic E-state index is -0.340. The zero-order valence-electron chi connectivity index (χ0n) is 7.92. The molecule has 14 heavy (non-hydrogen) atoms. The second kappa shape index (κ2) is 3.87. The molecule has 78 valence electrons. The first-order valence-electron chi connectivity index (χ1n) is 4.29. The van der Waals surface area contributed by atoms with Crippen molar-refractivity contribution in [2.45, 2.75) is 18.4 Å². The summed E-state index contributed by atoms with van der Waals surface area (Å²) in [7, 11) is 1.47. The summed E-state index contributed by atoms with van der Waals surface area (Å²) >= 11 is 0. The molecule has 1 fully saturated rings. The summed E-state index contributed by atoms with van der Waals surface area (Å²) in [5, 5.41) is 0. The fourth-order valence-corrected chi connectivity index (χ4v) is 1.51. The van der Waals surface area contributed by atoms with Crippen LogP contribution in [0.2, 0.25) is 0 Å². The van der Waals surface area contributed by atoms with Crippen molar-refractivity contribution in [3.8, 4) is 5.75 Å². The topological polar surface area (TPSA) is 35.2 Å². The average Bonchev–Trinajstić information content (AvgIpc) is 2.85. The molecule has 0 heterocycles. The van der Waals surface area contributed by atoms with Crippen LogP contribution >= 0.6 is 17.0 Å². The highest BCUT2D eigenvalue weighted by molar-refractivity contribution is 8.93. The molecule has 0 saturated heterocycles. The van der Waals surface area contributed by atoms with Crippen LogP contribution in [0.5, 0.6) is 5.75 Å². The van der Waals surface area contributed by atoms with Gasteiger partial charge in [-0.1, -0.05) is 12.1 Å². The fourth-order valence-electron chi connectivity index (χ4n) is 1.51. The van der Waals surface area contributed by atoms with E-state index in [0.29, 0.717) is 5.75 Å². The van der Waals surface area contributed by atoms with Crippen LogP contribution in [0.4, 0.5) is 4.39 Å². The van der Waals surface area contributed by atoms with Crippen molar-refractivity contribution in [1.82, 2.24) is 0 Å². The van der Waals surface area contributed by atoms with E-state index in [1.54, 1.807) is 6.07 Å². The van der Waals surface area contributed by atoms with Crippen molar-refractivity contribution in [1.29, 1.82) is 0 Å². The molecule has 1 aromatic rings. The van der Waals surface area contributed by atoms with Gasteiger partial charge < -0.3 is 10.5 Å². The maximum absolute atomic E-state index is 13.2. The quantitative estimate of drug-likeness (QED) is 0.888. The van der Waals surface area contributed by atoms with Gasteiger partial charge in [-0.15, -0.1) is 17.0 Å². The molecule has 2 N–H and O–H groups in total. The van der Waals surface area contributed by atoms with Gasteiger partial charge >= 0.3 is 0 Å². The Labute approximate surface area is 93.0 Å². The molecular weight excluding hydrogens is 249 g/mol. The van der Waals surface area contributed by atoms with Crippen LogP contribution in [0, 0.1) is 5.82 Å². The van der Waals surface area contributed by atoms with E-state index in [2.05, 4.69) is 0 Å². The Morgan fingerprint density at radius 2 is 2.07 bits per heavy atom. The molecule has 0 atom stereocenters. The van der Waals surface area contributed by atoms with E-state index in [1.807, 2.05) is 6.07 Å². The predicted molar refractivity (Wildman–Crippen MR) is 58.4 cm³/mol. The van der Waals surface area contributed by atoms with Gasteiger partial charge in [-0.05, 0) is 18.9 Å². The molecule has 0 unspecified atom stereocenters. The van der Waals surface area contributed by atoms with E-state index in [9.17, 15) is 4.39 Å². The Bertz CT molecular complexity index is 339. The van der Waals surface area contributed by atoms with E-state index < -0.39 is 0 Å². The Hall–Kier alpha value is -0.610. The molecule has 0 amide bonds. The van der Waals surface area contributed by atoms with E-state index in [0.717, 1.165) is 18.4 Å². The van der Waals surface area contributed by atoms with Crippen molar-refractivity contribution in [2.24, 2.45) is 5.73 Å². The first kappa shape index (κ1) is 11.5. The molecule has 4 heteroatoms. The van der Waals surface area contributed by atoms with Crippen molar-refractivity contribution < 1.29 is 9.13 Å². The standard InChI is InChI=1S/C10H12FNO.BrH/c1-13-9-7(10(12)5-6-10)3-2-4-8(9)11;/h2-4H,5-6,12H2,1H3;1H. The van der Waals surface area contributed by atoms with Gasteiger partial charge in [0.25, 0.3) is 0 Å². The Morgan fingerprint density at radius 3 is 2.57 bits per heavy atom. The Balaban J connectivity index is 0.000000980. The third kappa shape index (κ3) is 1.77. The second-order valence-corrected chi connectivity index (χ2v) is 3.48. The molecule has 1 aliphatic carbocycles. The summed E-state index contributed by atoms with van der Waals surface area (Å²) < 4.78 is 18.2. The van der Waals surface area contributed by atoms with Crippen molar-refractivity contribution in [2.75, 3.05) is 7.11 Å². The minimum absolute atomic E-state index is 0. The van der Waals surface area contributed by atoms with Crippen LogP contribution in [-0.2, 0) is 5.54 Å². The van der Waals surface area contributed by atoms with Crippen LogP contribution < -0.4 is 10.5 Å². The molecule has 0 bridgehead atoms. The van der Waals surface area contributed by atoms with Gasteiger partial charge in [0.15, 0.2) is 11.6 Å². The van der Waals surface area contributed by atoms with Gasteiger partial charge in [0, 0.05) is 11.1 Å². The maximum atomic E-state index is 13.2. The smallest absolute Gasteiger partial charge is 0.165 e. The van der Waals surface area contributed by atoms with Gasteiger partial charge in [0.1, 0.15) is 0 Å². The molecule has 2 rings (SSSR count). The van der Waals surface area contributed by atoms with Gasteiger partial charge in [0.05, 0.1) is 7.11 Å². The number of para-hydroxylation sites is 1. The van der Waals surface area contributed by atoms with Gasteiger partial charge in [-0.2, -0.15) is 0 Å². The molecule has 2 nitrogen and oxygen atoms in total. The minimum Gasteiger partial charge on any atom is -0.493 e. The largest absolute Gasteiger partial charge is 0.493 e. The van der Waals surface area contributed by atoms with Crippen LogP contribution in [0.1, 0.15) is 18.4 Å². The summed E-state index contributed by atoms with van der Waals surface area (Å²) in [4.78, 5) is 0. The number of benzene rings is 1. The monoisotopic (exact) mass is 261 g/mol. The first-order valence-corrected chi connectivity index (χ1v) is 4.29. The van der Waals surface area contributed by atoms with Gasteiger partial charge in [0.2, 0.25) is 0 Å². The van der Waals surface area contributed by atoms with Crippen molar-refractivity contribution in [3.05, 3.63) is 29.6 Å².